The van der Waals surface area contributed by atoms with E-state index in [-0.39, 0.29) is 12.0 Å². The van der Waals surface area contributed by atoms with Crippen LogP contribution in [0.3, 0.4) is 0 Å². The molecular weight excluding hydrogens is 565 g/mol. The molecule has 0 fully saturated rings. The number of allylic oxidation sites excluding steroid dienone is 6. The summed E-state index contributed by atoms with van der Waals surface area (Å²) in [7, 11) is 0. The molecule has 1 N–H and O–H groups in total. The third kappa shape index (κ3) is 3.83. The van der Waals surface area contributed by atoms with E-state index in [4.69, 9.17) is 4.99 Å². The zero-order valence-electron chi connectivity index (χ0n) is 25.2. The van der Waals surface area contributed by atoms with Gasteiger partial charge in [0.05, 0.1) is 17.4 Å². The maximum absolute atomic E-state index is 5.62. The zero-order chi connectivity index (χ0) is 29.5. The normalized spacial score (nSPS) is 22.8. The fourth-order valence-corrected chi connectivity index (χ4v) is 10.2. The number of nitrogens with one attached hydrogen (secondary N) is 1. The molecule has 0 amide bonds. The molecule has 4 aromatic carbocycles. The first-order valence-corrected chi connectivity index (χ1v) is 17.4. The number of aliphatic imine (C=N–C) groups is 1. The Morgan fingerprint density at radius 2 is 1.60 bits per heavy atom. The molecular formula is C42H34N2S. The Balaban J connectivity index is 1.22. The van der Waals surface area contributed by atoms with Crippen LogP contribution in [0.5, 0.6) is 0 Å². The van der Waals surface area contributed by atoms with Gasteiger partial charge in [-0.3, -0.25) is 4.99 Å². The Morgan fingerprint density at radius 1 is 0.778 bits per heavy atom. The summed E-state index contributed by atoms with van der Waals surface area (Å²) in [6.07, 6.45) is 20.7. The predicted molar refractivity (Wildman–Crippen MR) is 192 cm³/mol. The second-order valence-corrected chi connectivity index (χ2v) is 14.2. The molecule has 3 atom stereocenters. The van der Waals surface area contributed by atoms with Gasteiger partial charge in [-0.05, 0) is 95.7 Å². The summed E-state index contributed by atoms with van der Waals surface area (Å²) < 4.78 is 2.89. The van der Waals surface area contributed by atoms with E-state index in [1.165, 1.54) is 59.3 Å². The summed E-state index contributed by atoms with van der Waals surface area (Å²) in [6.45, 7) is 0. The van der Waals surface area contributed by atoms with Gasteiger partial charge in [-0.2, -0.15) is 0 Å². The first-order valence-electron chi connectivity index (χ1n) is 16.6. The first kappa shape index (κ1) is 25.8. The van der Waals surface area contributed by atoms with Crippen LogP contribution in [0.25, 0.3) is 37.4 Å². The highest BCUT2D eigenvalue weighted by atomic mass is 32.1. The number of benzene rings is 4. The number of thiophene rings is 1. The monoisotopic (exact) mass is 598 g/mol. The number of para-hydroxylation sites is 2. The van der Waals surface area contributed by atoms with Crippen LogP contribution in [0.2, 0.25) is 0 Å². The largest absolute Gasteiger partial charge is 0.375 e. The summed E-state index contributed by atoms with van der Waals surface area (Å²) in [4.78, 5) is 5.62. The first-order chi connectivity index (χ1) is 22.3. The minimum atomic E-state index is 0.149. The number of nitrogens with zero attached hydrogens (tertiary/aromatic N) is 1. The number of hydrogen-bond donors (Lipinski definition) is 1. The van der Waals surface area contributed by atoms with Crippen LogP contribution in [-0.2, 0) is 12.8 Å². The molecule has 10 rings (SSSR count). The average molecular weight is 599 g/mol. The van der Waals surface area contributed by atoms with Gasteiger partial charge in [0.25, 0.3) is 0 Å². The van der Waals surface area contributed by atoms with Gasteiger partial charge in [0.2, 0.25) is 0 Å². The lowest BCUT2D eigenvalue weighted by Gasteiger charge is -2.41. The van der Waals surface area contributed by atoms with Gasteiger partial charge in [0.15, 0.2) is 0 Å². The summed E-state index contributed by atoms with van der Waals surface area (Å²) >= 11 is 2.00. The van der Waals surface area contributed by atoms with E-state index < -0.39 is 0 Å². The van der Waals surface area contributed by atoms with Gasteiger partial charge in [-0.25, -0.2) is 0 Å². The number of hydrogen-bond acceptors (Lipinski definition) is 3. The standard InChI is InChI=1S/C42H34N2S/c1-2-14-26-25(12-1)13-11-20-31(26)40-41(44-36-22-9-8-21-35(36)43-40)33-24-34-38(28-16-4-3-15-27(28)33)29-17-5-6-18-30(29)39-32-19-7-10-23-37(32)45-42(34)39/h1,3-5,7-13,15-17,19,21-23,31,33,40,43H,2,6,14,18,20,24H2/t31?,33-,40?/m1/s1. The van der Waals surface area contributed by atoms with Crippen molar-refractivity contribution >= 4 is 54.7 Å². The average Bonchev–Trinajstić information content (AvgIpc) is 3.51. The third-order valence-corrected chi connectivity index (χ3v) is 12.1. The SMILES string of the molecule is C1=CC2=C(CC1)C(C1Nc3ccccc3N=C1[C@@H]1Cc3c(c4c(c5c3sc3ccccc35)CCC=C4)-c3ccccc31)CC=C2. The van der Waals surface area contributed by atoms with E-state index in [1.807, 2.05) is 11.3 Å². The molecule has 5 aliphatic rings. The smallest absolute Gasteiger partial charge is 0.0861 e. The Morgan fingerprint density at radius 3 is 2.60 bits per heavy atom. The maximum Gasteiger partial charge on any atom is 0.0861 e. The minimum absolute atomic E-state index is 0.149. The second kappa shape index (κ2) is 10.0. The zero-order valence-corrected chi connectivity index (χ0v) is 26.0. The minimum Gasteiger partial charge on any atom is -0.375 e. The van der Waals surface area contributed by atoms with Crippen molar-refractivity contribution in [1.29, 1.82) is 0 Å². The van der Waals surface area contributed by atoms with Gasteiger partial charge >= 0.3 is 0 Å². The molecule has 0 radical (unpaired) electrons. The molecule has 1 aromatic heterocycles. The van der Waals surface area contributed by atoms with Crippen LogP contribution in [0.15, 0.2) is 119 Å². The third-order valence-electron chi connectivity index (χ3n) is 10.9. The number of rotatable bonds is 2. The summed E-state index contributed by atoms with van der Waals surface area (Å²) in [5, 5.41) is 7.00. The van der Waals surface area contributed by atoms with Crippen LogP contribution in [0.4, 0.5) is 11.4 Å². The van der Waals surface area contributed by atoms with Crippen LogP contribution >= 0.6 is 11.3 Å². The Kier molecular flexibility index (Phi) is 5.75. The van der Waals surface area contributed by atoms with Crippen molar-refractivity contribution in [2.24, 2.45) is 10.9 Å². The van der Waals surface area contributed by atoms with Gasteiger partial charge in [0.1, 0.15) is 0 Å². The molecule has 5 aromatic rings. The highest BCUT2D eigenvalue weighted by Gasteiger charge is 2.41. The van der Waals surface area contributed by atoms with Crippen LogP contribution in [0, 0.1) is 5.92 Å². The molecule has 2 nitrogen and oxygen atoms in total. The van der Waals surface area contributed by atoms with E-state index in [2.05, 4.69) is 115 Å². The molecule has 1 aliphatic heterocycles. The Labute approximate surface area is 268 Å². The molecule has 0 spiro atoms. The lowest BCUT2D eigenvalue weighted by atomic mass is 9.68. The molecule has 3 heteroatoms. The van der Waals surface area contributed by atoms with Crippen molar-refractivity contribution in [1.82, 2.24) is 0 Å². The lowest BCUT2D eigenvalue weighted by Crippen LogP contribution is -2.44. The molecule has 2 heterocycles. The van der Waals surface area contributed by atoms with Crippen molar-refractivity contribution in [3.8, 4) is 11.1 Å². The van der Waals surface area contributed by atoms with E-state index in [9.17, 15) is 0 Å². The van der Waals surface area contributed by atoms with E-state index >= 15 is 0 Å². The highest BCUT2D eigenvalue weighted by molar-refractivity contribution is 7.26. The van der Waals surface area contributed by atoms with E-state index in [0.717, 1.165) is 49.9 Å². The topological polar surface area (TPSA) is 24.4 Å². The summed E-state index contributed by atoms with van der Waals surface area (Å²) in [5.41, 5.74) is 15.3. The predicted octanol–water partition coefficient (Wildman–Crippen LogP) is 11.1. The molecule has 45 heavy (non-hydrogen) atoms. The molecule has 0 bridgehead atoms. The van der Waals surface area contributed by atoms with Crippen molar-refractivity contribution < 1.29 is 0 Å². The highest BCUT2D eigenvalue weighted by Crippen LogP contribution is 2.53. The van der Waals surface area contributed by atoms with Gasteiger partial charge in [-0.1, -0.05) is 96.6 Å². The fourth-order valence-electron chi connectivity index (χ4n) is 8.93. The van der Waals surface area contributed by atoms with Gasteiger partial charge in [-0.15, -0.1) is 11.3 Å². The van der Waals surface area contributed by atoms with Gasteiger partial charge in [0, 0.05) is 37.7 Å². The number of aryl methyl sites for hydroxylation is 1. The molecule has 4 aliphatic carbocycles. The molecule has 0 saturated heterocycles. The van der Waals surface area contributed by atoms with Crippen molar-refractivity contribution in [3.63, 3.8) is 0 Å². The van der Waals surface area contributed by atoms with Crippen LogP contribution in [-0.4, -0.2) is 11.8 Å². The van der Waals surface area contributed by atoms with Gasteiger partial charge < -0.3 is 5.32 Å². The molecule has 0 saturated carbocycles. The van der Waals surface area contributed by atoms with Crippen molar-refractivity contribution in [2.75, 3.05) is 5.32 Å². The Hall–Kier alpha value is -4.47. The van der Waals surface area contributed by atoms with Crippen LogP contribution in [0.1, 0.15) is 53.9 Å². The fraction of sp³-hybridized carbons (Fsp3) is 0.214. The Bertz CT molecular complexity index is 2220. The quantitative estimate of drug-likeness (QED) is 0.215. The van der Waals surface area contributed by atoms with Crippen molar-refractivity contribution in [3.05, 3.63) is 137 Å². The van der Waals surface area contributed by atoms with E-state index in [0.29, 0.717) is 5.92 Å². The molecule has 218 valence electrons. The second-order valence-electron chi connectivity index (χ2n) is 13.2. The van der Waals surface area contributed by atoms with E-state index in [1.54, 1.807) is 11.1 Å². The number of fused-ring (bicyclic) bond motifs is 11. The summed E-state index contributed by atoms with van der Waals surface area (Å²) in [5.74, 6) is 0.596. The number of anilines is 1. The lowest BCUT2D eigenvalue weighted by molar-refractivity contribution is 0.550. The summed E-state index contributed by atoms with van der Waals surface area (Å²) in [6, 6.07) is 27.1. The molecule has 2 unspecified atom stereocenters. The van der Waals surface area contributed by atoms with Crippen molar-refractivity contribution in [2.45, 2.75) is 50.5 Å². The maximum atomic E-state index is 5.62. The van der Waals surface area contributed by atoms with Crippen LogP contribution < -0.4 is 5.32 Å².